The lowest BCUT2D eigenvalue weighted by Crippen LogP contribution is -2.35. The molecular formula is C22H26N4O2. The average molecular weight is 378 g/mol. The molecule has 0 aliphatic heterocycles. The van der Waals surface area contributed by atoms with Crippen molar-refractivity contribution >= 4 is 28.5 Å². The molecule has 0 bridgehead atoms. The molecule has 6 nitrogen and oxygen atoms in total. The van der Waals surface area contributed by atoms with E-state index in [0.29, 0.717) is 0 Å². The number of aromatic nitrogens is 2. The summed E-state index contributed by atoms with van der Waals surface area (Å²) in [5.41, 5.74) is 5.77. The van der Waals surface area contributed by atoms with Crippen LogP contribution in [-0.4, -0.2) is 27.9 Å². The van der Waals surface area contributed by atoms with Crippen LogP contribution in [0, 0.1) is 20.8 Å². The van der Waals surface area contributed by atoms with Gasteiger partial charge in [0.25, 0.3) is 0 Å². The van der Waals surface area contributed by atoms with Gasteiger partial charge in [0.05, 0.1) is 17.6 Å². The summed E-state index contributed by atoms with van der Waals surface area (Å²) in [5.74, 6) is 0.395. The summed E-state index contributed by atoms with van der Waals surface area (Å²) < 4.78 is 1.90. The molecule has 2 aromatic carbocycles. The lowest BCUT2D eigenvalue weighted by molar-refractivity contribution is -0.124. The van der Waals surface area contributed by atoms with Crippen molar-refractivity contribution in [1.29, 1.82) is 0 Å². The van der Waals surface area contributed by atoms with E-state index in [1.165, 1.54) is 0 Å². The number of anilines is 1. The maximum atomic E-state index is 12.4. The highest BCUT2D eigenvalue weighted by molar-refractivity contribution is 5.96. The number of para-hydroxylation sites is 2. The molecule has 0 atom stereocenters. The molecule has 0 aliphatic rings. The van der Waals surface area contributed by atoms with E-state index in [1.54, 1.807) is 0 Å². The maximum Gasteiger partial charge on any atom is 0.243 e. The molecule has 28 heavy (non-hydrogen) atoms. The van der Waals surface area contributed by atoms with E-state index in [9.17, 15) is 9.59 Å². The Morgan fingerprint density at radius 3 is 2.39 bits per heavy atom. The first-order chi connectivity index (χ1) is 13.4. The van der Waals surface area contributed by atoms with Gasteiger partial charge in [0.15, 0.2) is 0 Å². The summed E-state index contributed by atoms with van der Waals surface area (Å²) in [7, 11) is 0. The van der Waals surface area contributed by atoms with Crippen molar-refractivity contribution in [2.24, 2.45) is 0 Å². The molecule has 3 aromatic rings. The van der Waals surface area contributed by atoms with Gasteiger partial charge in [-0.1, -0.05) is 36.8 Å². The van der Waals surface area contributed by atoms with Crippen molar-refractivity contribution in [2.75, 3.05) is 11.9 Å². The number of carbonyl (C=O) groups excluding carboxylic acids is 2. The normalized spacial score (nSPS) is 10.9. The SMILES string of the molecule is CCc1nc2ccccc2n1CC(=O)NCC(=O)Nc1c(C)cc(C)cc1C. The largest absolute Gasteiger partial charge is 0.345 e. The number of imidazole rings is 1. The number of fused-ring (bicyclic) bond motifs is 1. The summed E-state index contributed by atoms with van der Waals surface area (Å²) in [6.45, 7) is 8.03. The van der Waals surface area contributed by atoms with Gasteiger partial charge in [-0.05, 0) is 44.0 Å². The predicted molar refractivity (Wildman–Crippen MR) is 111 cm³/mol. The Morgan fingerprint density at radius 1 is 1.04 bits per heavy atom. The van der Waals surface area contributed by atoms with Crippen molar-refractivity contribution in [3.63, 3.8) is 0 Å². The first-order valence-corrected chi connectivity index (χ1v) is 9.47. The molecule has 2 amide bonds. The monoisotopic (exact) mass is 378 g/mol. The quantitative estimate of drug-likeness (QED) is 0.691. The molecule has 0 spiro atoms. The highest BCUT2D eigenvalue weighted by Gasteiger charge is 2.14. The molecule has 0 saturated heterocycles. The number of nitrogens with zero attached hydrogens (tertiary/aromatic N) is 2. The van der Waals surface area contributed by atoms with E-state index in [1.807, 2.05) is 68.7 Å². The van der Waals surface area contributed by atoms with Gasteiger partial charge in [-0.25, -0.2) is 4.98 Å². The molecule has 2 N–H and O–H groups in total. The Kier molecular flexibility index (Phi) is 5.78. The van der Waals surface area contributed by atoms with Crippen LogP contribution in [0.2, 0.25) is 0 Å². The highest BCUT2D eigenvalue weighted by Crippen LogP contribution is 2.21. The van der Waals surface area contributed by atoms with Crippen LogP contribution in [0.1, 0.15) is 29.4 Å². The van der Waals surface area contributed by atoms with E-state index in [0.717, 1.165) is 45.7 Å². The van der Waals surface area contributed by atoms with Gasteiger partial charge in [-0.15, -0.1) is 0 Å². The molecule has 0 aliphatic carbocycles. The summed E-state index contributed by atoms with van der Waals surface area (Å²) in [6.07, 6.45) is 0.731. The van der Waals surface area contributed by atoms with Gasteiger partial charge in [0.2, 0.25) is 11.8 Å². The van der Waals surface area contributed by atoms with E-state index in [4.69, 9.17) is 0 Å². The van der Waals surface area contributed by atoms with Crippen molar-refractivity contribution in [3.05, 3.63) is 58.9 Å². The molecule has 146 valence electrons. The minimum Gasteiger partial charge on any atom is -0.345 e. The van der Waals surface area contributed by atoms with Crippen molar-refractivity contribution in [2.45, 2.75) is 40.7 Å². The third-order valence-electron chi connectivity index (χ3n) is 4.74. The zero-order chi connectivity index (χ0) is 20.3. The summed E-state index contributed by atoms with van der Waals surface area (Å²) >= 11 is 0. The Balaban J connectivity index is 1.63. The third-order valence-corrected chi connectivity index (χ3v) is 4.74. The number of rotatable bonds is 6. The molecule has 1 heterocycles. The molecule has 0 radical (unpaired) electrons. The first-order valence-electron chi connectivity index (χ1n) is 9.47. The number of carbonyl (C=O) groups is 2. The summed E-state index contributed by atoms with van der Waals surface area (Å²) in [6, 6.07) is 11.8. The van der Waals surface area contributed by atoms with Crippen LogP contribution >= 0.6 is 0 Å². The van der Waals surface area contributed by atoms with Gasteiger partial charge >= 0.3 is 0 Å². The highest BCUT2D eigenvalue weighted by atomic mass is 16.2. The fraction of sp³-hybridized carbons (Fsp3) is 0.318. The van der Waals surface area contributed by atoms with E-state index in [-0.39, 0.29) is 24.9 Å². The van der Waals surface area contributed by atoms with Crippen LogP contribution in [0.25, 0.3) is 11.0 Å². The second-order valence-electron chi connectivity index (χ2n) is 7.06. The summed E-state index contributed by atoms with van der Waals surface area (Å²) in [5, 5.41) is 5.61. The average Bonchev–Trinajstić information content (AvgIpc) is 3.00. The number of aryl methyl sites for hydroxylation is 4. The molecule has 1 aromatic heterocycles. The number of hydrogen-bond donors (Lipinski definition) is 2. The fourth-order valence-electron chi connectivity index (χ4n) is 3.51. The lowest BCUT2D eigenvalue weighted by atomic mass is 10.1. The van der Waals surface area contributed by atoms with Crippen LogP contribution in [-0.2, 0) is 22.6 Å². The standard InChI is InChI=1S/C22H26N4O2/c1-5-19-24-17-8-6-7-9-18(17)26(19)13-21(28)23-12-20(27)25-22-15(3)10-14(2)11-16(22)4/h6-11H,5,12-13H2,1-4H3,(H,23,28)(H,25,27). The number of amides is 2. The van der Waals surface area contributed by atoms with E-state index < -0.39 is 0 Å². The Bertz CT molecular complexity index is 1010. The molecule has 0 fully saturated rings. The van der Waals surface area contributed by atoms with Crippen molar-refractivity contribution < 1.29 is 9.59 Å². The number of benzene rings is 2. The number of nitrogens with one attached hydrogen (secondary N) is 2. The van der Waals surface area contributed by atoms with Crippen molar-refractivity contribution in [3.8, 4) is 0 Å². The minimum atomic E-state index is -0.241. The first kappa shape index (κ1) is 19.6. The van der Waals surface area contributed by atoms with Gasteiger partial charge in [0.1, 0.15) is 12.4 Å². The van der Waals surface area contributed by atoms with Gasteiger partial charge in [0, 0.05) is 12.1 Å². The van der Waals surface area contributed by atoms with Crippen LogP contribution in [0.15, 0.2) is 36.4 Å². The van der Waals surface area contributed by atoms with Crippen LogP contribution in [0.3, 0.4) is 0 Å². The van der Waals surface area contributed by atoms with Crippen LogP contribution in [0.4, 0.5) is 5.69 Å². The Morgan fingerprint density at radius 2 is 1.71 bits per heavy atom. The Labute approximate surface area is 165 Å². The number of hydrogen-bond acceptors (Lipinski definition) is 3. The second-order valence-corrected chi connectivity index (χ2v) is 7.06. The van der Waals surface area contributed by atoms with Gasteiger partial charge in [-0.3, -0.25) is 9.59 Å². The molecule has 6 heteroatoms. The van der Waals surface area contributed by atoms with Gasteiger partial charge in [-0.2, -0.15) is 0 Å². The zero-order valence-electron chi connectivity index (χ0n) is 16.8. The van der Waals surface area contributed by atoms with Gasteiger partial charge < -0.3 is 15.2 Å². The maximum absolute atomic E-state index is 12.4. The summed E-state index contributed by atoms with van der Waals surface area (Å²) in [4.78, 5) is 29.3. The van der Waals surface area contributed by atoms with E-state index in [2.05, 4.69) is 15.6 Å². The third kappa shape index (κ3) is 4.22. The van der Waals surface area contributed by atoms with Crippen molar-refractivity contribution in [1.82, 2.24) is 14.9 Å². The minimum absolute atomic E-state index is 0.0698. The Hall–Kier alpha value is -3.15. The van der Waals surface area contributed by atoms with Crippen LogP contribution in [0.5, 0.6) is 0 Å². The molecule has 0 unspecified atom stereocenters. The molecule has 3 rings (SSSR count). The lowest BCUT2D eigenvalue weighted by Gasteiger charge is -2.13. The topological polar surface area (TPSA) is 76.0 Å². The zero-order valence-corrected chi connectivity index (χ0v) is 16.8. The molecular weight excluding hydrogens is 352 g/mol. The smallest absolute Gasteiger partial charge is 0.243 e. The van der Waals surface area contributed by atoms with Crippen LogP contribution < -0.4 is 10.6 Å². The second kappa shape index (κ2) is 8.25. The molecule has 0 saturated carbocycles. The van der Waals surface area contributed by atoms with E-state index >= 15 is 0 Å². The predicted octanol–water partition coefficient (Wildman–Crippen LogP) is 3.28. The fourth-order valence-corrected chi connectivity index (χ4v) is 3.51.